The van der Waals surface area contributed by atoms with Gasteiger partial charge in [-0.1, -0.05) is 6.07 Å². The number of nitrogens with zero attached hydrogens (tertiary/aromatic N) is 1. The molecule has 2 aliphatic rings. The Morgan fingerprint density at radius 2 is 1.74 bits per heavy atom. The van der Waals surface area contributed by atoms with Gasteiger partial charge < -0.3 is 28.9 Å². The molecule has 0 spiro atoms. The van der Waals surface area contributed by atoms with Crippen molar-refractivity contribution in [3.63, 3.8) is 0 Å². The first-order valence-electron chi connectivity index (χ1n) is 9.12. The molecular weight excluding hydrogens is 346 g/mol. The molecule has 2 aromatic rings. The molecule has 4 rings (SSSR count). The van der Waals surface area contributed by atoms with Crippen LogP contribution in [0.2, 0.25) is 0 Å². The Hall–Kier alpha value is -2.60. The average molecular weight is 372 g/mol. The van der Waals surface area contributed by atoms with E-state index in [4.69, 9.17) is 14.2 Å². The van der Waals surface area contributed by atoms with E-state index in [1.54, 1.807) is 27.4 Å². The molecular formula is C21H26NO5+. The zero-order chi connectivity index (χ0) is 19.3. The highest BCUT2D eigenvalue weighted by Gasteiger charge is 2.45. The Labute approximate surface area is 159 Å². The van der Waals surface area contributed by atoms with Gasteiger partial charge in [-0.05, 0) is 17.7 Å². The fraction of sp³-hybridized carbons (Fsp3) is 0.429. The summed E-state index contributed by atoms with van der Waals surface area (Å²) in [5.74, 6) is 1.90. The van der Waals surface area contributed by atoms with Gasteiger partial charge in [0.25, 0.3) is 0 Å². The highest BCUT2D eigenvalue weighted by Crippen LogP contribution is 2.51. The fourth-order valence-corrected chi connectivity index (χ4v) is 4.79. The quantitative estimate of drug-likeness (QED) is 0.811. The summed E-state index contributed by atoms with van der Waals surface area (Å²) in [5, 5.41) is 20.9. The fourth-order valence-electron chi connectivity index (χ4n) is 4.79. The summed E-state index contributed by atoms with van der Waals surface area (Å²) in [4.78, 5) is 0. The third-order valence-electron chi connectivity index (χ3n) is 6.24. The van der Waals surface area contributed by atoms with Gasteiger partial charge in [0, 0.05) is 24.0 Å². The van der Waals surface area contributed by atoms with E-state index in [1.165, 1.54) is 5.56 Å². The number of likely N-dealkylation sites (N-methyl/N-ethyl adjacent to an activating group) is 1. The molecule has 2 atom stereocenters. The predicted molar refractivity (Wildman–Crippen MR) is 101 cm³/mol. The van der Waals surface area contributed by atoms with Gasteiger partial charge in [-0.3, -0.25) is 0 Å². The molecule has 0 bridgehead atoms. The normalized spacial score (nSPS) is 23.0. The third-order valence-corrected chi connectivity index (χ3v) is 6.24. The number of quaternary nitrogens is 1. The first-order valence-corrected chi connectivity index (χ1v) is 9.12. The van der Waals surface area contributed by atoms with Crippen molar-refractivity contribution in [3.8, 4) is 28.7 Å². The molecule has 27 heavy (non-hydrogen) atoms. The van der Waals surface area contributed by atoms with E-state index in [0.717, 1.165) is 47.1 Å². The minimum atomic E-state index is 0.183. The Morgan fingerprint density at radius 1 is 1.00 bits per heavy atom. The van der Waals surface area contributed by atoms with E-state index in [1.807, 2.05) is 12.1 Å². The van der Waals surface area contributed by atoms with Gasteiger partial charge in [-0.25, -0.2) is 0 Å². The van der Waals surface area contributed by atoms with E-state index in [2.05, 4.69) is 7.05 Å². The SMILES string of the molecule is COc1cc2c(c(O)c1OC)CC[N@+]1(C)Cc3c(ccc(O)c3OC)C[C@@H]21. The van der Waals surface area contributed by atoms with Crippen LogP contribution >= 0.6 is 0 Å². The topological polar surface area (TPSA) is 68.2 Å². The molecule has 2 aromatic carbocycles. The van der Waals surface area contributed by atoms with E-state index in [9.17, 15) is 10.2 Å². The molecule has 0 unspecified atom stereocenters. The summed E-state index contributed by atoms with van der Waals surface area (Å²) >= 11 is 0. The van der Waals surface area contributed by atoms with Gasteiger partial charge in [0.2, 0.25) is 5.75 Å². The molecule has 0 aliphatic carbocycles. The van der Waals surface area contributed by atoms with Crippen molar-refractivity contribution in [2.24, 2.45) is 0 Å². The highest BCUT2D eigenvalue weighted by molar-refractivity contribution is 5.60. The second-order valence-corrected chi connectivity index (χ2v) is 7.62. The summed E-state index contributed by atoms with van der Waals surface area (Å²) in [6.07, 6.45) is 1.56. The maximum Gasteiger partial charge on any atom is 0.203 e. The zero-order valence-electron chi connectivity index (χ0n) is 16.2. The highest BCUT2D eigenvalue weighted by atomic mass is 16.5. The van der Waals surface area contributed by atoms with Gasteiger partial charge in [0.1, 0.15) is 12.6 Å². The van der Waals surface area contributed by atoms with Crippen LogP contribution in [0.4, 0.5) is 0 Å². The lowest BCUT2D eigenvalue weighted by molar-refractivity contribution is -0.956. The molecule has 144 valence electrons. The van der Waals surface area contributed by atoms with Crippen molar-refractivity contribution < 1.29 is 28.9 Å². The minimum Gasteiger partial charge on any atom is -0.504 e. The Bertz CT molecular complexity index is 910. The number of benzene rings is 2. The molecule has 0 aromatic heterocycles. The molecule has 2 aliphatic heterocycles. The van der Waals surface area contributed by atoms with Crippen molar-refractivity contribution in [1.29, 1.82) is 0 Å². The summed E-state index contributed by atoms with van der Waals surface area (Å²) in [6, 6.07) is 5.88. The lowest BCUT2D eigenvalue weighted by Crippen LogP contribution is -2.53. The maximum atomic E-state index is 10.8. The van der Waals surface area contributed by atoms with Crippen LogP contribution in [-0.4, -0.2) is 49.6 Å². The molecule has 0 radical (unpaired) electrons. The molecule has 6 nitrogen and oxygen atoms in total. The molecule has 6 heteroatoms. The Morgan fingerprint density at radius 3 is 2.41 bits per heavy atom. The second kappa shape index (κ2) is 6.23. The zero-order valence-corrected chi connectivity index (χ0v) is 16.2. The van der Waals surface area contributed by atoms with Crippen LogP contribution in [0.25, 0.3) is 0 Å². The third kappa shape index (κ3) is 2.51. The van der Waals surface area contributed by atoms with Crippen LogP contribution in [0.15, 0.2) is 18.2 Å². The number of rotatable bonds is 3. The summed E-state index contributed by atoms with van der Waals surface area (Å²) in [6.45, 7) is 1.66. The predicted octanol–water partition coefficient (Wildman–Crippen LogP) is 2.92. The van der Waals surface area contributed by atoms with E-state index < -0.39 is 0 Å². The number of hydrogen-bond donors (Lipinski definition) is 2. The summed E-state index contributed by atoms with van der Waals surface area (Å²) in [5.41, 5.74) is 4.30. The van der Waals surface area contributed by atoms with E-state index in [0.29, 0.717) is 17.2 Å². The lowest BCUT2D eigenvalue weighted by Gasteiger charge is -2.49. The van der Waals surface area contributed by atoms with E-state index in [-0.39, 0.29) is 17.5 Å². The van der Waals surface area contributed by atoms with Crippen molar-refractivity contribution in [1.82, 2.24) is 0 Å². The number of phenolic OH excluding ortho intramolecular Hbond substituents is 2. The first kappa shape index (κ1) is 17.8. The van der Waals surface area contributed by atoms with Crippen LogP contribution in [-0.2, 0) is 19.4 Å². The number of fused-ring (bicyclic) bond motifs is 4. The van der Waals surface area contributed by atoms with Gasteiger partial charge in [0.15, 0.2) is 23.0 Å². The smallest absolute Gasteiger partial charge is 0.203 e. The Balaban J connectivity index is 1.87. The summed E-state index contributed by atoms with van der Waals surface area (Å²) in [7, 11) is 6.96. The number of aromatic hydroxyl groups is 2. The van der Waals surface area contributed by atoms with Crippen LogP contribution in [0.3, 0.4) is 0 Å². The summed E-state index contributed by atoms with van der Waals surface area (Å²) < 4.78 is 17.1. The molecule has 0 saturated carbocycles. The van der Waals surface area contributed by atoms with Crippen molar-refractivity contribution in [2.45, 2.75) is 25.4 Å². The Kier molecular flexibility index (Phi) is 4.11. The second-order valence-electron chi connectivity index (χ2n) is 7.62. The van der Waals surface area contributed by atoms with Gasteiger partial charge in [0.05, 0.1) is 40.5 Å². The van der Waals surface area contributed by atoms with Crippen LogP contribution in [0.1, 0.15) is 28.3 Å². The average Bonchev–Trinajstić information content (AvgIpc) is 2.66. The maximum absolute atomic E-state index is 10.8. The van der Waals surface area contributed by atoms with Crippen LogP contribution in [0, 0.1) is 0 Å². The monoisotopic (exact) mass is 372 g/mol. The van der Waals surface area contributed by atoms with Gasteiger partial charge in [-0.15, -0.1) is 0 Å². The largest absolute Gasteiger partial charge is 0.504 e. The number of ether oxygens (including phenoxy) is 3. The van der Waals surface area contributed by atoms with Crippen molar-refractivity contribution in [2.75, 3.05) is 34.9 Å². The first-order chi connectivity index (χ1) is 12.9. The molecule has 0 amide bonds. The molecule has 2 heterocycles. The lowest BCUT2D eigenvalue weighted by atomic mass is 9.81. The molecule has 2 N–H and O–H groups in total. The van der Waals surface area contributed by atoms with Crippen molar-refractivity contribution in [3.05, 3.63) is 40.5 Å². The van der Waals surface area contributed by atoms with Crippen LogP contribution < -0.4 is 14.2 Å². The van der Waals surface area contributed by atoms with E-state index >= 15 is 0 Å². The molecule has 0 fully saturated rings. The number of phenols is 2. The van der Waals surface area contributed by atoms with Crippen LogP contribution in [0.5, 0.6) is 28.7 Å². The molecule has 0 saturated heterocycles. The van der Waals surface area contributed by atoms with Crippen molar-refractivity contribution >= 4 is 0 Å². The van der Waals surface area contributed by atoms with Gasteiger partial charge in [-0.2, -0.15) is 0 Å². The number of methoxy groups -OCH3 is 3. The minimum absolute atomic E-state index is 0.183. The number of hydrogen-bond acceptors (Lipinski definition) is 5. The van der Waals surface area contributed by atoms with Gasteiger partial charge >= 0.3 is 0 Å². The standard InChI is InChI=1S/C21H25NO5/c1-22-8-7-13-14(10-18(25-2)21(27-4)19(13)24)16(22)9-12-5-6-17(23)20(26-3)15(12)11-22/h5-6,10,16H,7-9,11H2,1-4H3,(H-,23,24)/p+1/t16-,22+/m0/s1.